The maximum atomic E-state index is 11.4. The Morgan fingerprint density at radius 3 is 1.92 bits per heavy atom. The van der Waals surface area contributed by atoms with E-state index in [4.69, 9.17) is 11.0 Å². The molecule has 0 radical (unpaired) electrons. The van der Waals surface area contributed by atoms with E-state index in [1.807, 2.05) is 0 Å². The predicted molar refractivity (Wildman–Crippen MR) is 43.8 cm³/mol. The van der Waals surface area contributed by atoms with E-state index >= 15 is 0 Å². The van der Waals surface area contributed by atoms with Gasteiger partial charge in [0.05, 0.1) is 0 Å². The van der Waals surface area contributed by atoms with Crippen molar-refractivity contribution in [3.8, 4) is 0 Å². The predicted octanol–water partition coefficient (Wildman–Crippen LogP) is -0.148. The maximum absolute atomic E-state index is 11.4. The minimum atomic E-state index is -3.21. The molecule has 1 spiro atoms. The SMILES string of the molecule is N[P+]1(N)OC(=O)C2(CCC2)C(=O)O1. The van der Waals surface area contributed by atoms with Gasteiger partial charge in [-0.15, -0.1) is 11.0 Å². The van der Waals surface area contributed by atoms with Gasteiger partial charge >= 0.3 is 20.0 Å². The summed E-state index contributed by atoms with van der Waals surface area (Å²) in [6.45, 7) is 0. The van der Waals surface area contributed by atoms with Crippen molar-refractivity contribution in [2.24, 2.45) is 16.4 Å². The van der Waals surface area contributed by atoms with Crippen LogP contribution < -0.4 is 11.0 Å². The van der Waals surface area contributed by atoms with Gasteiger partial charge in [-0.25, -0.2) is 18.6 Å². The minimum Gasteiger partial charge on any atom is -0.246 e. The van der Waals surface area contributed by atoms with Gasteiger partial charge < -0.3 is 0 Å². The van der Waals surface area contributed by atoms with E-state index in [-0.39, 0.29) is 0 Å². The van der Waals surface area contributed by atoms with E-state index in [1.54, 1.807) is 0 Å². The van der Waals surface area contributed by atoms with Crippen LogP contribution >= 0.6 is 8.02 Å². The highest BCUT2D eigenvalue weighted by atomic mass is 31.2. The van der Waals surface area contributed by atoms with E-state index in [1.165, 1.54) is 0 Å². The third-order valence-corrected chi connectivity index (χ3v) is 3.34. The van der Waals surface area contributed by atoms with E-state index in [0.717, 1.165) is 6.42 Å². The largest absolute Gasteiger partial charge is 0.521 e. The van der Waals surface area contributed by atoms with Crippen molar-refractivity contribution in [3.05, 3.63) is 0 Å². The summed E-state index contributed by atoms with van der Waals surface area (Å²) in [7, 11) is -3.21. The van der Waals surface area contributed by atoms with Crippen molar-refractivity contribution in [2.45, 2.75) is 19.3 Å². The summed E-state index contributed by atoms with van der Waals surface area (Å²) in [5.74, 6) is -1.23. The minimum absolute atomic E-state index is 0.477. The monoisotopic (exact) mass is 205 g/mol. The molecular weight excluding hydrogens is 195 g/mol. The number of carbonyl (C=O) groups excluding carboxylic acids is 2. The Morgan fingerprint density at radius 2 is 1.62 bits per heavy atom. The Labute approximate surface area is 75.2 Å². The van der Waals surface area contributed by atoms with Gasteiger partial charge in [0, 0.05) is 0 Å². The van der Waals surface area contributed by atoms with Crippen molar-refractivity contribution in [3.63, 3.8) is 0 Å². The summed E-state index contributed by atoms with van der Waals surface area (Å²) >= 11 is 0. The smallest absolute Gasteiger partial charge is 0.246 e. The molecule has 4 N–H and O–H groups in total. The molecule has 72 valence electrons. The zero-order chi connectivity index (χ0) is 9.69. The molecule has 0 aromatic carbocycles. The first-order valence-corrected chi connectivity index (χ1v) is 5.67. The van der Waals surface area contributed by atoms with Gasteiger partial charge in [-0.1, -0.05) is 0 Å². The summed E-state index contributed by atoms with van der Waals surface area (Å²) in [4.78, 5) is 22.7. The normalized spacial score (nSPS) is 29.1. The van der Waals surface area contributed by atoms with Crippen LogP contribution in [0, 0.1) is 5.41 Å². The third-order valence-electron chi connectivity index (χ3n) is 2.44. The topological polar surface area (TPSA) is 105 Å². The van der Waals surface area contributed by atoms with Gasteiger partial charge in [-0.05, 0) is 19.3 Å². The first-order chi connectivity index (χ1) is 5.96. The lowest BCUT2D eigenvalue weighted by Gasteiger charge is -2.38. The zero-order valence-electron chi connectivity index (χ0n) is 6.86. The second-order valence-electron chi connectivity index (χ2n) is 3.34. The van der Waals surface area contributed by atoms with Crippen LogP contribution in [-0.2, 0) is 18.6 Å². The van der Waals surface area contributed by atoms with Crippen LogP contribution in [0.25, 0.3) is 0 Å². The van der Waals surface area contributed by atoms with Crippen LogP contribution in [-0.4, -0.2) is 11.9 Å². The number of carbonyl (C=O) groups is 2. The summed E-state index contributed by atoms with van der Waals surface area (Å²) in [5.41, 5.74) is 9.44. The molecule has 13 heavy (non-hydrogen) atoms. The third kappa shape index (κ3) is 1.14. The average Bonchev–Trinajstić information content (AvgIpc) is 1.77. The van der Waals surface area contributed by atoms with Gasteiger partial charge in [-0.3, -0.25) is 0 Å². The molecule has 1 saturated carbocycles. The molecule has 1 aliphatic carbocycles. The summed E-state index contributed by atoms with van der Waals surface area (Å²) in [5, 5.41) is 0. The highest BCUT2D eigenvalue weighted by Crippen LogP contribution is 2.57. The first-order valence-electron chi connectivity index (χ1n) is 3.91. The van der Waals surface area contributed by atoms with E-state index in [9.17, 15) is 9.59 Å². The Balaban J connectivity index is 2.26. The van der Waals surface area contributed by atoms with Crippen molar-refractivity contribution in [1.82, 2.24) is 0 Å². The lowest BCUT2D eigenvalue weighted by Crippen LogP contribution is -2.52. The fourth-order valence-corrected chi connectivity index (χ4v) is 2.38. The molecular formula is C6H10N2O4P+. The molecule has 1 heterocycles. The Hall–Kier alpha value is -0.710. The highest BCUT2D eigenvalue weighted by molar-refractivity contribution is 7.62. The van der Waals surface area contributed by atoms with Gasteiger partial charge in [0.15, 0.2) is 5.41 Å². The molecule has 6 nitrogen and oxygen atoms in total. The molecule has 0 unspecified atom stereocenters. The summed E-state index contributed by atoms with van der Waals surface area (Å²) < 4.78 is 9.37. The standard InChI is InChI=1S/C6H10N2O4P/c7-13(8)11-4(9)6(2-1-3-6)5(10)12-13/h1-3,7-8H2/q+1. The highest BCUT2D eigenvalue weighted by Gasteiger charge is 2.65. The van der Waals surface area contributed by atoms with Crippen LogP contribution in [0.2, 0.25) is 0 Å². The Morgan fingerprint density at radius 1 is 1.15 bits per heavy atom. The molecule has 7 heteroatoms. The van der Waals surface area contributed by atoms with Crippen molar-refractivity contribution in [1.29, 1.82) is 0 Å². The number of nitrogens with two attached hydrogens (primary N) is 2. The fourth-order valence-electron chi connectivity index (χ4n) is 1.47. The van der Waals surface area contributed by atoms with Gasteiger partial charge in [0.1, 0.15) is 0 Å². The molecule has 1 aliphatic heterocycles. The second kappa shape index (κ2) is 2.41. The van der Waals surface area contributed by atoms with Gasteiger partial charge in [-0.2, -0.15) is 0 Å². The molecule has 2 aliphatic rings. The van der Waals surface area contributed by atoms with Crippen LogP contribution in [0.5, 0.6) is 0 Å². The van der Waals surface area contributed by atoms with E-state index in [2.05, 4.69) is 9.05 Å². The maximum Gasteiger partial charge on any atom is 0.521 e. The van der Waals surface area contributed by atoms with Crippen molar-refractivity contribution >= 4 is 20.0 Å². The summed E-state index contributed by atoms with van der Waals surface area (Å²) in [6, 6.07) is 0. The van der Waals surface area contributed by atoms with Gasteiger partial charge in [0.2, 0.25) is 0 Å². The average molecular weight is 205 g/mol. The molecule has 0 aromatic heterocycles. The van der Waals surface area contributed by atoms with E-state index < -0.39 is 25.4 Å². The number of hydrogen-bond acceptors (Lipinski definition) is 6. The molecule has 1 saturated heterocycles. The van der Waals surface area contributed by atoms with Crippen LogP contribution in [0.15, 0.2) is 0 Å². The molecule has 0 amide bonds. The van der Waals surface area contributed by atoms with Crippen molar-refractivity contribution < 1.29 is 18.6 Å². The molecule has 2 fully saturated rings. The molecule has 2 rings (SSSR count). The molecule has 0 atom stereocenters. The van der Waals surface area contributed by atoms with E-state index in [0.29, 0.717) is 12.8 Å². The second-order valence-corrected chi connectivity index (χ2v) is 4.99. The quantitative estimate of drug-likeness (QED) is 0.421. The lowest BCUT2D eigenvalue weighted by atomic mass is 9.69. The van der Waals surface area contributed by atoms with Crippen molar-refractivity contribution in [2.75, 3.05) is 0 Å². The van der Waals surface area contributed by atoms with Gasteiger partial charge in [0.25, 0.3) is 0 Å². The lowest BCUT2D eigenvalue weighted by molar-refractivity contribution is -0.174. The van der Waals surface area contributed by atoms with Crippen LogP contribution in [0.3, 0.4) is 0 Å². The number of rotatable bonds is 0. The fraction of sp³-hybridized carbons (Fsp3) is 0.667. The summed E-state index contributed by atoms with van der Waals surface area (Å²) in [6.07, 6.45) is 1.78. The number of hydrogen-bond donors (Lipinski definition) is 2. The van der Waals surface area contributed by atoms with Crippen LogP contribution in [0.4, 0.5) is 0 Å². The Bertz CT molecular complexity index is 264. The molecule has 0 aromatic rings. The first kappa shape index (κ1) is 8.87. The van der Waals surface area contributed by atoms with Crippen LogP contribution in [0.1, 0.15) is 19.3 Å². The Kier molecular flexibility index (Phi) is 1.64. The zero-order valence-corrected chi connectivity index (χ0v) is 7.75. The molecule has 0 bridgehead atoms.